The van der Waals surface area contributed by atoms with Crippen molar-refractivity contribution in [2.24, 2.45) is 5.92 Å². The summed E-state index contributed by atoms with van der Waals surface area (Å²) in [6.07, 6.45) is 6.41. The van der Waals surface area contributed by atoms with Gasteiger partial charge in [0.2, 0.25) is 0 Å². The van der Waals surface area contributed by atoms with Crippen LogP contribution in [0.1, 0.15) is 13.8 Å². The Bertz CT molecular complexity index is 49.4. The van der Waals surface area contributed by atoms with Crippen LogP contribution in [0.2, 0.25) is 0 Å². The first-order chi connectivity index (χ1) is 2.27. The summed E-state index contributed by atoms with van der Waals surface area (Å²) in [6.45, 7) is 3.85. The van der Waals surface area contributed by atoms with Crippen molar-refractivity contribution in [3.8, 4) is 5.92 Å². The van der Waals surface area contributed by atoms with Gasteiger partial charge in [0.15, 0.2) is 0 Å². The molecule has 0 fully saturated rings. The molecule has 0 aromatic carbocycles. The van der Waals surface area contributed by atoms with E-state index >= 15 is 0 Å². The molecule has 0 aliphatic rings. The largest absolute Gasteiger partial charge is 1.00 e. The van der Waals surface area contributed by atoms with E-state index in [0.717, 1.165) is 0 Å². The Kier molecular flexibility index (Phi) is 8.15. The molecule has 0 rings (SSSR count). The number of rotatable bonds is 0. The minimum Gasteiger partial charge on any atom is -0.693 e. The molecule has 6 heavy (non-hydrogen) atoms. The molecule has 0 atom stereocenters. The van der Waals surface area contributed by atoms with Crippen molar-refractivity contribution >= 4 is 0 Å². The Morgan fingerprint density at radius 3 is 1.67 bits per heavy atom. The monoisotopic (exact) mass is 74.1 g/mol. The Balaban J connectivity index is 0. The molecule has 0 saturated carbocycles. The van der Waals surface area contributed by atoms with Crippen molar-refractivity contribution in [1.82, 2.24) is 0 Å². The van der Waals surface area contributed by atoms with Gasteiger partial charge in [-0.15, -0.1) is 0 Å². The van der Waals surface area contributed by atoms with E-state index in [9.17, 15) is 0 Å². The summed E-state index contributed by atoms with van der Waals surface area (Å²) < 4.78 is 0. The van der Waals surface area contributed by atoms with E-state index in [-0.39, 0.29) is 18.9 Å². The van der Waals surface area contributed by atoms with Gasteiger partial charge in [-0.2, -0.15) is 0 Å². The van der Waals surface area contributed by atoms with Gasteiger partial charge in [-0.1, -0.05) is 13.8 Å². The zero-order valence-corrected chi connectivity index (χ0v) is 4.58. The molecule has 0 spiro atoms. The zero-order valence-electron chi connectivity index (χ0n) is 4.58. The van der Waals surface area contributed by atoms with Crippen LogP contribution in [-0.2, 0) is 0 Å². The average Bonchev–Trinajstić information content (AvgIpc) is 1.38. The molecule has 0 saturated heterocycles. The molecule has 0 radical (unpaired) electrons. The van der Waals surface area contributed by atoms with Gasteiger partial charge >= 0.3 is 18.9 Å². The smallest absolute Gasteiger partial charge is 0.693 e. The third-order valence-electron chi connectivity index (χ3n) is 0.289. The first-order valence-electron chi connectivity index (χ1n) is 1.69. The van der Waals surface area contributed by atoms with Crippen molar-refractivity contribution in [3.05, 3.63) is 6.42 Å². The molecule has 0 aliphatic heterocycles. The molecule has 0 heterocycles. The summed E-state index contributed by atoms with van der Waals surface area (Å²) in [5.41, 5.74) is 0. The van der Waals surface area contributed by atoms with Gasteiger partial charge in [-0.05, 0) is 5.92 Å². The van der Waals surface area contributed by atoms with E-state index in [2.05, 4.69) is 5.92 Å². The third kappa shape index (κ3) is 8.90. The fraction of sp³-hybridized carbons (Fsp3) is 0.600. The summed E-state index contributed by atoms with van der Waals surface area (Å²) >= 11 is 0. The molecule has 0 aliphatic carbocycles. The van der Waals surface area contributed by atoms with E-state index in [4.69, 9.17) is 6.42 Å². The first-order valence-corrected chi connectivity index (χ1v) is 1.69. The summed E-state index contributed by atoms with van der Waals surface area (Å²) in [6, 6.07) is 0. The van der Waals surface area contributed by atoms with E-state index < -0.39 is 0 Å². The predicted octanol–water partition coefficient (Wildman–Crippen LogP) is -1.76. The summed E-state index contributed by atoms with van der Waals surface area (Å²) in [7, 11) is 0. The van der Waals surface area contributed by atoms with Crippen LogP contribution < -0.4 is 18.9 Å². The summed E-state index contributed by atoms with van der Waals surface area (Å²) in [5, 5.41) is 0. The molecule has 0 aromatic heterocycles. The van der Waals surface area contributed by atoms with Crippen molar-refractivity contribution in [2.45, 2.75) is 13.8 Å². The molecule has 28 valence electrons. The maximum atomic E-state index is 6.41. The molecular weight excluding hydrogens is 67.0 g/mol. The second kappa shape index (κ2) is 5.16. The van der Waals surface area contributed by atoms with Crippen molar-refractivity contribution in [3.63, 3.8) is 0 Å². The quantitative estimate of drug-likeness (QED) is 0.181. The van der Waals surface area contributed by atoms with Crippen LogP contribution in [0.5, 0.6) is 0 Å². The van der Waals surface area contributed by atoms with E-state index in [0.29, 0.717) is 5.92 Å². The molecule has 0 amide bonds. The third-order valence-corrected chi connectivity index (χ3v) is 0.289. The Morgan fingerprint density at radius 2 is 1.67 bits per heavy atom. The fourth-order valence-corrected chi connectivity index (χ4v) is 0. The molecule has 0 N–H and O–H groups in total. The Hall–Kier alpha value is 0.157. The molecule has 0 aromatic rings. The van der Waals surface area contributed by atoms with Crippen LogP contribution in [-0.4, -0.2) is 0 Å². The maximum Gasteiger partial charge on any atom is 1.00 e. The predicted molar refractivity (Wildman–Crippen MR) is 22.0 cm³/mol. The molecule has 0 nitrogen and oxygen atoms in total. The van der Waals surface area contributed by atoms with Crippen LogP contribution >= 0.6 is 0 Å². The van der Waals surface area contributed by atoms with E-state index in [1.165, 1.54) is 0 Å². The molecule has 0 unspecified atom stereocenters. The molecule has 0 bridgehead atoms. The van der Waals surface area contributed by atoms with E-state index in [1.807, 2.05) is 13.8 Å². The standard InChI is InChI=1S/C5H7.Li/c1-4-5(2)3;/h5H,2-3H3;/q-1;+1. The number of hydrogen-bond acceptors (Lipinski definition) is 0. The van der Waals surface area contributed by atoms with Gasteiger partial charge in [0.1, 0.15) is 0 Å². The molecular formula is C5H7Li. The Morgan fingerprint density at radius 1 is 1.50 bits per heavy atom. The maximum absolute atomic E-state index is 6.41. The van der Waals surface area contributed by atoms with Crippen LogP contribution in [0.15, 0.2) is 0 Å². The first kappa shape index (κ1) is 9.48. The van der Waals surface area contributed by atoms with Gasteiger partial charge in [0, 0.05) is 0 Å². The topological polar surface area (TPSA) is 0 Å². The summed E-state index contributed by atoms with van der Waals surface area (Å²) in [5.74, 6) is 2.58. The number of hydrogen-bond donors (Lipinski definition) is 0. The average molecular weight is 74.1 g/mol. The van der Waals surface area contributed by atoms with Crippen molar-refractivity contribution in [1.29, 1.82) is 0 Å². The fourth-order valence-electron chi connectivity index (χ4n) is 0. The minimum atomic E-state index is 0. The van der Waals surface area contributed by atoms with Gasteiger partial charge in [0.05, 0.1) is 0 Å². The summed E-state index contributed by atoms with van der Waals surface area (Å²) in [4.78, 5) is 0. The molecule has 1 heteroatoms. The van der Waals surface area contributed by atoms with Crippen LogP contribution in [0, 0.1) is 18.3 Å². The van der Waals surface area contributed by atoms with Crippen LogP contribution in [0.3, 0.4) is 0 Å². The normalized spacial score (nSPS) is 6.33. The Labute approximate surface area is 51.5 Å². The second-order valence-corrected chi connectivity index (χ2v) is 1.30. The SMILES string of the molecule is [C-]#CC(C)C.[Li+]. The van der Waals surface area contributed by atoms with E-state index in [1.54, 1.807) is 0 Å². The van der Waals surface area contributed by atoms with Gasteiger partial charge in [-0.25, -0.2) is 0 Å². The van der Waals surface area contributed by atoms with Gasteiger partial charge in [-0.3, -0.25) is 0 Å². The zero-order chi connectivity index (χ0) is 4.28. The minimum absolute atomic E-state index is 0. The second-order valence-electron chi connectivity index (χ2n) is 1.30. The van der Waals surface area contributed by atoms with Crippen molar-refractivity contribution in [2.75, 3.05) is 0 Å². The van der Waals surface area contributed by atoms with Crippen LogP contribution in [0.25, 0.3) is 0 Å². The van der Waals surface area contributed by atoms with Crippen LogP contribution in [0.4, 0.5) is 0 Å². The van der Waals surface area contributed by atoms with Gasteiger partial charge < -0.3 is 12.3 Å². The van der Waals surface area contributed by atoms with Gasteiger partial charge in [0.25, 0.3) is 0 Å². The van der Waals surface area contributed by atoms with Crippen molar-refractivity contribution < 1.29 is 18.9 Å².